The lowest BCUT2D eigenvalue weighted by molar-refractivity contribution is -0.171. The Balaban J connectivity index is 1.68. The van der Waals surface area contributed by atoms with Crippen molar-refractivity contribution in [3.63, 3.8) is 0 Å². The molecule has 1 saturated heterocycles. The topological polar surface area (TPSA) is 113 Å². The molecule has 1 fully saturated rings. The average molecular weight is 491 g/mol. The first-order valence-corrected chi connectivity index (χ1v) is 13.0. The van der Waals surface area contributed by atoms with E-state index in [0.29, 0.717) is 26.1 Å². The second-order valence-electron chi connectivity index (χ2n) is 8.26. The second kappa shape index (κ2) is 15.2. The molecule has 6 atom stereocenters. The van der Waals surface area contributed by atoms with Gasteiger partial charge in [-0.2, -0.15) is 0 Å². The van der Waals surface area contributed by atoms with Crippen LogP contribution < -0.4 is 0 Å². The molecule has 10 heteroatoms. The number of hydrogen-bond donors (Lipinski definition) is 2. The zero-order valence-corrected chi connectivity index (χ0v) is 20.7. The van der Waals surface area contributed by atoms with E-state index in [4.69, 9.17) is 27.8 Å². The van der Waals surface area contributed by atoms with E-state index in [1.807, 2.05) is 44.2 Å². The van der Waals surface area contributed by atoms with Crippen molar-refractivity contribution < 1.29 is 42.6 Å². The van der Waals surface area contributed by atoms with Crippen LogP contribution in [0.1, 0.15) is 45.1 Å². The summed E-state index contributed by atoms with van der Waals surface area (Å²) in [6.45, 7) is 5.26. The smallest absolute Gasteiger partial charge is 0.387 e. The molecule has 0 aliphatic carbocycles. The highest BCUT2D eigenvalue weighted by molar-refractivity contribution is 7.48. The summed E-state index contributed by atoms with van der Waals surface area (Å²) in [6, 6.07) is 9.46. The molecular formula is C23H39O9P. The summed E-state index contributed by atoms with van der Waals surface area (Å²) >= 11 is 0. The Hall–Kier alpha value is -0.870. The average Bonchev–Trinajstić information content (AvgIpc) is 3.09. The minimum atomic E-state index is -3.68. The van der Waals surface area contributed by atoms with Crippen LogP contribution in [0.15, 0.2) is 30.3 Å². The number of methoxy groups -OCH3 is 1. The van der Waals surface area contributed by atoms with E-state index in [2.05, 4.69) is 0 Å². The maximum Gasteiger partial charge on any atom is 0.475 e. The second-order valence-corrected chi connectivity index (χ2v) is 9.93. The van der Waals surface area contributed by atoms with Crippen LogP contribution in [0.4, 0.5) is 0 Å². The predicted octanol–water partition coefficient (Wildman–Crippen LogP) is 3.67. The van der Waals surface area contributed by atoms with Gasteiger partial charge >= 0.3 is 7.82 Å². The maximum absolute atomic E-state index is 13.1. The molecule has 1 aliphatic heterocycles. The summed E-state index contributed by atoms with van der Waals surface area (Å²) in [4.78, 5) is 0. The zero-order valence-electron chi connectivity index (χ0n) is 19.8. The molecule has 0 aromatic heterocycles. The van der Waals surface area contributed by atoms with E-state index in [9.17, 15) is 14.8 Å². The normalized spacial score (nSPS) is 25.7. The molecule has 33 heavy (non-hydrogen) atoms. The van der Waals surface area contributed by atoms with E-state index < -0.39 is 32.4 Å². The fraction of sp³-hybridized carbons (Fsp3) is 0.739. The summed E-state index contributed by atoms with van der Waals surface area (Å²) in [7, 11) is -2.18. The predicted molar refractivity (Wildman–Crippen MR) is 123 cm³/mol. The molecule has 1 aliphatic rings. The number of unbranched alkanes of at least 4 members (excludes halogenated alkanes) is 2. The SMILES string of the molecule is CCC(C)COP(=O)(OCCCCCOC1OC(COC)C(O)C1O)OCc1ccccc1. The summed E-state index contributed by atoms with van der Waals surface area (Å²) < 4.78 is 45.7. The van der Waals surface area contributed by atoms with Crippen molar-refractivity contribution in [1.29, 1.82) is 0 Å². The van der Waals surface area contributed by atoms with Crippen LogP contribution in [-0.2, 0) is 39.0 Å². The lowest BCUT2D eigenvalue weighted by Gasteiger charge is -2.20. The van der Waals surface area contributed by atoms with Crippen molar-refractivity contribution in [2.24, 2.45) is 5.92 Å². The Morgan fingerprint density at radius 3 is 2.45 bits per heavy atom. The number of rotatable bonds is 17. The molecule has 1 aromatic carbocycles. The molecule has 0 bridgehead atoms. The largest absolute Gasteiger partial charge is 0.475 e. The minimum Gasteiger partial charge on any atom is -0.387 e. The zero-order chi connectivity index (χ0) is 24.1. The highest BCUT2D eigenvalue weighted by Gasteiger charge is 2.43. The maximum atomic E-state index is 13.1. The van der Waals surface area contributed by atoms with E-state index in [-0.39, 0.29) is 25.7 Å². The molecule has 1 heterocycles. The van der Waals surface area contributed by atoms with Crippen LogP contribution in [0.5, 0.6) is 0 Å². The van der Waals surface area contributed by atoms with Gasteiger partial charge in [-0.25, -0.2) is 4.57 Å². The van der Waals surface area contributed by atoms with Gasteiger partial charge in [0.05, 0.1) is 26.4 Å². The molecule has 2 N–H and O–H groups in total. The number of hydrogen-bond acceptors (Lipinski definition) is 9. The Kier molecular flexibility index (Phi) is 13.1. The molecule has 9 nitrogen and oxygen atoms in total. The van der Waals surface area contributed by atoms with Crippen LogP contribution in [0.3, 0.4) is 0 Å². The molecule has 2 rings (SSSR count). The van der Waals surface area contributed by atoms with Crippen molar-refractivity contribution in [2.75, 3.05) is 33.5 Å². The van der Waals surface area contributed by atoms with Gasteiger partial charge in [-0.05, 0) is 30.7 Å². The van der Waals surface area contributed by atoms with Gasteiger partial charge in [-0.3, -0.25) is 13.6 Å². The number of aliphatic hydroxyl groups is 2. The molecule has 0 saturated carbocycles. The number of aliphatic hydroxyl groups excluding tert-OH is 2. The minimum absolute atomic E-state index is 0.145. The van der Waals surface area contributed by atoms with Gasteiger partial charge in [0.1, 0.15) is 18.3 Å². The lowest BCUT2D eigenvalue weighted by Crippen LogP contribution is -2.35. The third-order valence-corrected chi connectivity index (χ3v) is 6.83. The van der Waals surface area contributed by atoms with E-state index in [0.717, 1.165) is 18.4 Å². The van der Waals surface area contributed by atoms with Gasteiger partial charge in [0.25, 0.3) is 0 Å². The molecule has 0 spiro atoms. The summed E-state index contributed by atoms with van der Waals surface area (Å²) in [5, 5.41) is 19.9. The number of phosphoric acid groups is 1. The first-order chi connectivity index (χ1) is 15.9. The molecule has 190 valence electrons. The van der Waals surface area contributed by atoms with Gasteiger partial charge in [0.2, 0.25) is 0 Å². The van der Waals surface area contributed by atoms with Gasteiger partial charge in [0, 0.05) is 13.7 Å². The Morgan fingerprint density at radius 2 is 1.76 bits per heavy atom. The molecule has 1 aromatic rings. The Bertz CT molecular complexity index is 690. The van der Waals surface area contributed by atoms with E-state index in [1.54, 1.807) is 0 Å². The number of benzene rings is 1. The van der Waals surface area contributed by atoms with Crippen LogP contribution in [0, 0.1) is 5.92 Å². The van der Waals surface area contributed by atoms with E-state index in [1.165, 1.54) is 7.11 Å². The van der Waals surface area contributed by atoms with Crippen LogP contribution in [0.25, 0.3) is 0 Å². The fourth-order valence-electron chi connectivity index (χ4n) is 3.09. The summed E-state index contributed by atoms with van der Waals surface area (Å²) in [6.07, 6.45) is -0.659. The van der Waals surface area contributed by atoms with Crippen molar-refractivity contribution in [2.45, 2.75) is 70.7 Å². The van der Waals surface area contributed by atoms with Crippen molar-refractivity contribution in [3.05, 3.63) is 35.9 Å². The van der Waals surface area contributed by atoms with Crippen molar-refractivity contribution in [1.82, 2.24) is 0 Å². The Morgan fingerprint density at radius 1 is 1.03 bits per heavy atom. The lowest BCUT2D eigenvalue weighted by atomic mass is 10.1. The van der Waals surface area contributed by atoms with Gasteiger partial charge in [0.15, 0.2) is 6.29 Å². The van der Waals surface area contributed by atoms with Crippen LogP contribution >= 0.6 is 7.82 Å². The monoisotopic (exact) mass is 490 g/mol. The molecule has 6 unspecified atom stereocenters. The third-order valence-electron chi connectivity index (χ3n) is 5.42. The molecule has 0 radical (unpaired) electrons. The number of ether oxygens (including phenoxy) is 3. The molecule has 0 amide bonds. The molecular weight excluding hydrogens is 451 g/mol. The van der Waals surface area contributed by atoms with E-state index >= 15 is 0 Å². The quantitative estimate of drug-likeness (QED) is 0.249. The highest BCUT2D eigenvalue weighted by atomic mass is 31.2. The first-order valence-electron chi connectivity index (χ1n) is 11.6. The highest BCUT2D eigenvalue weighted by Crippen LogP contribution is 2.50. The number of phosphoric ester groups is 1. The fourth-order valence-corrected chi connectivity index (χ4v) is 4.41. The van der Waals surface area contributed by atoms with Crippen LogP contribution in [-0.4, -0.2) is 68.4 Å². The Labute approximate surface area is 196 Å². The van der Waals surface area contributed by atoms with Crippen LogP contribution in [0.2, 0.25) is 0 Å². The standard InChI is InChI=1S/C23H39O9P/c1-4-18(2)15-30-33(26,31-16-19-11-7-5-8-12-19)29-14-10-6-9-13-28-23-22(25)21(24)20(32-23)17-27-3/h5,7-8,11-12,18,20-25H,4,6,9-10,13-17H2,1-3H3. The summed E-state index contributed by atoms with van der Waals surface area (Å²) in [5.74, 6) is 0.245. The van der Waals surface area contributed by atoms with Crippen molar-refractivity contribution >= 4 is 7.82 Å². The van der Waals surface area contributed by atoms with Crippen molar-refractivity contribution in [3.8, 4) is 0 Å². The van der Waals surface area contributed by atoms with Gasteiger partial charge in [-0.1, -0.05) is 50.6 Å². The first kappa shape index (κ1) is 28.4. The summed E-state index contributed by atoms with van der Waals surface area (Å²) in [5.41, 5.74) is 0.889. The van der Waals surface area contributed by atoms with Gasteiger partial charge in [-0.15, -0.1) is 0 Å². The van der Waals surface area contributed by atoms with Gasteiger partial charge < -0.3 is 24.4 Å². The third kappa shape index (κ3) is 10.1.